The normalized spacial score (nSPS) is 14.8. The van der Waals surface area contributed by atoms with E-state index in [4.69, 9.17) is 4.74 Å². The molecule has 0 aliphatic heterocycles. The molecule has 3 rings (SSSR count). The van der Waals surface area contributed by atoms with E-state index in [-0.39, 0.29) is 0 Å². The summed E-state index contributed by atoms with van der Waals surface area (Å²) in [6.45, 7) is 1.99. The minimum Gasteiger partial charge on any atom is -0.496 e. The molecule has 0 amide bonds. The second kappa shape index (κ2) is 6.29. The van der Waals surface area contributed by atoms with Crippen molar-refractivity contribution in [1.29, 1.82) is 0 Å². The van der Waals surface area contributed by atoms with Crippen LogP contribution in [0.5, 0.6) is 5.75 Å². The fourth-order valence-electron chi connectivity index (χ4n) is 2.45. The molecule has 0 unspecified atom stereocenters. The molecule has 1 aromatic heterocycles. The highest BCUT2D eigenvalue weighted by molar-refractivity contribution is 9.10. The SMILES string of the molecule is COc1ccc(Br)cc1CN(Cc1cccs1)C1CC1. The van der Waals surface area contributed by atoms with Gasteiger partial charge in [0.15, 0.2) is 0 Å². The summed E-state index contributed by atoms with van der Waals surface area (Å²) in [4.78, 5) is 4.00. The second-order valence-electron chi connectivity index (χ2n) is 5.17. The number of benzene rings is 1. The van der Waals surface area contributed by atoms with Gasteiger partial charge in [-0.3, -0.25) is 4.90 Å². The first kappa shape index (κ1) is 14.1. The summed E-state index contributed by atoms with van der Waals surface area (Å²) < 4.78 is 6.60. The largest absolute Gasteiger partial charge is 0.496 e. The Balaban J connectivity index is 1.77. The molecule has 1 fully saturated rings. The zero-order valence-corrected chi connectivity index (χ0v) is 13.9. The van der Waals surface area contributed by atoms with E-state index in [9.17, 15) is 0 Å². The van der Waals surface area contributed by atoms with Gasteiger partial charge < -0.3 is 4.74 Å². The number of halogens is 1. The lowest BCUT2D eigenvalue weighted by Crippen LogP contribution is -2.24. The number of rotatable bonds is 6. The molecule has 0 radical (unpaired) electrons. The number of ether oxygens (including phenoxy) is 1. The van der Waals surface area contributed by atoms with Crippen LogP contribution in [0.4, 0.5) is 0 Å². The van der Waals surface area contributed by atoms with E-state index in [0.717, 1.165) is 29.4 Å². The molecule has 1 saturated carbocycles. The minimum absolute atomic E-state index is 0.737. The zero-order valence-electron chi connectivity index (χ0n) is 11.5. The third-order valence-electron chi connectivity index (χ3n) is 3.62. The first-order valence-electron chi connectivity index (χ1n) is 6.85. The summed E-state index contributed by atoms with van der Waals surface area (Å²) in [6, 6.07) is 11.3. The Morgan fingerprint density at radius 2 is 2.15 bits per heavy atom. The molecule has 1 aromatic carbocycles. The van der Waals surface area contributed by atoms with Crippen LogP contribution in [0.15, 0.2) is 40.2 Å². The Kier molecular flexibility index (Phi) is 4.44. The van der Waals surface area contributed by atoms with Crippen molar-refractivity contribution in [2.24, 2.45) is 0 Å². The van der Waals surface area contributed by atoms with Gasteiger partial charge >= 0.3 is 0 Å². The molecule has 106 valence electrons. The van der Waals surface area contributed by atoms with Crippen molar-refractivity contribution >= 4 is 27.3 Å². The van der Waals surface area contributed by atoms with Crippen LogP contribution >= 0.6 is 27.3 Å². The molecular formula is C16H18BrNOS. The number of nitrogens with zero attached hydrogens (tertiary/aromatic N) is 1. The average Bonchev–Trinajstić information content (AvgIpc) is 3.17. The van der Waals surface area contributed by atoms with Gasteiger partial charge in [0.1, 0.15) is 5.75 Å². The van der Waals surface area contributed by atoms with Gasteiger partial charge in [-0.2, -0.15) is 0 Å². The van der Waals surface area contributed by atoms with Gasteiger partial charge in [-0.25, -0.2) is 0 Å². The Bertz CT molecular complexity index is 566. The fraction of sp³-hybridized carbons (Fsp3) is 0.375. The van der Waals surface area contributed by atoms with Gasteiger partial charge in [0, 0.05) is 34.0 Å². The molecule has 1 aliphatic rings. The summed E-state index contributed by atoms with van der Waals surface area (Å²) in [5.41, 5.74) is 1.25. The maximum atomic E-state index is 5.49. The van der Waals surface area contributed by atoms with Gasteiger partial charge in [-0.1, -0.05) is 22.0 Å². The van der Waals surface area contributed by atoms with E-state index in [1.165, 1.54) is 23.3 Å². The minimum atomic E-state index is 0.737. The van der Waals surface area contributed by atoms with Gasteiger partial charge in [0.25, 0.3) is 0 Å². The van der Waals surface area contributed by atoms with Gasteiger partial charge in [0.2, 0.25) is 0 Å². The van der Waals surface area contributed by atoms with E-state index in [2.05, 4.69) is 44.4 Å². The molecule has 2 nitrogen and oxygen atoms in total. The second-order valence-corrected chi connectivity index (χ2v) is 7.12. The van der Waals surface area contributed by atoms with Crippen molar-refractivity contribution < 1.29 is 4.74 Å². The molecule has 20 heavy (non-hydrogen) atoms. The van der Waals surface area contributed by atoms with Crippen molar-refractivity contribution in [3.8, 4) is 5.75 Å². The lowest BCUT2D eigenvalue weighted by molar-refractivity contribution is 0.244. The Labute approximate surface area is 132 Å². The van der Waals surface area contributed by atoms with Crippen LogP contribution < -0.4 is 4.74 Å². The van der Waals surface area contributed by atoms with Crippen LogP contribution in [0.2, 0.25) is 0 Å². The van der Waals surface area contributed by atoms with Crippen LogP contribution in [0.25, 0.3) is 0 Å². The van der Waals surface area contributed by atoms with E-state index in [0.29, 0.717) is 0 Å². The van der Waals surface area contributed by atoms with Crippen LogP contribution in [0.3, 0.4) is 0 Å². The van der Waals surface area contributed by atoms with E-state index < -0.39 is 0 Å². The first-order valence-corrected chi connectivity index (χ1v) is 8.52. The monoisotopic (exact) mass is 351 g/mol. The molecule has 0 saturated heterocycles. The molecular weight excluding hydrogens is 334 g/mol. The van der Waals surface area contributed by atoms with E-state index >= 15 is 0 Å². The molecule has 0 atom stereocenters. The molecule has 1 heterocycles. The van der Waals surface area contributed by atoms with Crippen molar-refractivity contribution in [3.63, 3.8) is 0 Å². The predicted octanol–water partition coefficient (Wildman–Crippen LogP) is 4.68. The third-order valence-corrected chi connectivity index (χ3v) is 4.97. The van der Waals surface area contributed by atoms with Crippen LogP contribution in [-0.4, -0.2) is 18.1 Å². The Morgan fingerprint density at radius 3 is 2.80 bits per heavy atom. The van der Waals surface area contributed by atoms with E-state index in [1.54, 1.807) is 7.11 Å². The van der Waals surface area contributed by atoms with Gasteiger partial charge in [0.05, 0.1) is 7.11 Å². The fourth-order valence-corrected chi connectivity index (χ4v) is 3.58. The standard InChI is InChI=1S/C16H18BrNOS/c1-19-16-7-4-13(17)9-12(16)10-18(14-5-6-14)11-15-3-2-8-20-15/h2-4,7-9,14H,5-6,10-11H2,1H3. The van der Waals surface area contributed by atoms with Crippen molar-refractivity contribution in [1.82, 2.24) is 4.90 Å². The van der Waals surface area contributed by atoms with E-state index in [1.807, 2.05) is 23.5 Å². The van der Waals surface area contributed by atoms with Crippen LogP contribution in [0, 0.1) is 0 Å². The summed E-state index contributed by atoms with van der Waals surface area (Å²) in [6.07, 6.45) is 2.64. The molecule has 0 bridgehead atoms. The highest BCUT2D eigenvalue weighted by atomic mass is 79.9. The Hall–Kier alpha value is -0.840. The summed E-state index contributed by atoms with van der Waals surface area (Å²) in [7, 11) is 1.74. The van der Waals surface area contributed by atoms with Crippen molar-refractivity contribution in [2.45, 2.75) is 32.0 Å². The Morgan fingerprint density at radius 1 is 1.30 bits per heavy atom. The molecule has 2 aromatic rings. The van der Waals surface area contributed by atoms with Gasteiger partial charge in [-0.15, -0.1) is 11.3 Å². The maximum absolute atomic E-state index is 5.49. The topological polar surface area (TPSA) is 12.5 Å². The van der Waals surface area contributed by atoms with Crippen LogP contribution in [-0.2, 0) is 13.1 Å². The van der Waals surface area contributed by atoms with Crippen molar-refractivity contribution in [2.75, 3.05) is 7.11 Å². The quantitative estimate of drug-likeness (QED) is 0.748. The third kappa shape index (κ3) is 3.43. The maximum Gasteiger partial charge on any atom is 0.123 e. The zero-order chi connectivity index (χ0) is 13.9. The van der Waals surface area contributed by atoms with Gasteiger partial charge in [-0.05, 0) is 42.5 Å². The number of hydrogen-bond acceptors (Lipinski definition) is 3. The lowest BCUT2D eigenvalue weighted by atomic mass is 10.2. The molecule has 0 N–H and O–H groups in total. The highest BCUT2D eigenvalue weighted by Crippen LogP contribution is 2.33. The number of methoxy groups -OCH3 is 1. The highest BCUT2D eigenvalue weighted by Gasteiger charge is 2.29. The molecule has 4 heteroatoms. The lowest BCUT2D eigenvalue weighted by Gasteiger charge is -2.22. The molecule has 1 aliphatic carbocycles. The molecule has 0 spiro atoms. The predicted molar refractivity (Wildman–Crippen MR) is 87.3 cm³/mol. The van der Waals surface area contributed by atoms with Crippen LogP contribution in [0.1, 0.15) is 23.3 Å². The summed E-state index contributed by atoms with van der Waals surface area (Å²) in [5, 5.41) is 2.15. The smallest absolute Gasteiger partial charge is 0.123 e. The number of thiophene rings is 1. The number of hydrogen-bond donors (Lipinski definition) is 0. The summed E-state index contributed by atoms with van der Waals surface area (Å²) >= 11 is 5.39. The van der Waals surface area contributed by atoms with Crippen molar-refractivity contribution in [3.05, 3.63) is 50.6 Å². The average molecular weight is 352 g/mol. The summed E-state index contributed by atoms with van der Waals surface area (Å²) in [5.74, 6) is 0.977. The first-order chi connectivity index (χ1) is 9.76.